The molecule has 1 aliphatic rings. The maximum absolute atomic E-state index is 5.94. The summed E-state index contributed by atoms with van der Waals surface area (Å²) in [6, 6.07) is 0. The van der Waals surface area contributed by atoms with Crippen molar-refractivity contribution >= 4 is 53.8 Å². The van der Waals surface area contributed by atoms with Gasteiger partial charge in [0.1, 0.15) is 10.4 Å². The minimum Gasteiger partial charge on any atom is -0.376 e. The Morgan fingerprint density at radius 1 is 1.53 bits per heavy atom. The molecule has 3 rings (SSSR count). The second kappa shape index (κ2) is 5.48. The third-order valence-corrected chi connectivity index (χ3v) is 4.09. The van der Waals surface area contributed by atoms with Crippen LogP contribution in [0.2, 0.25) is 5.28 Å². The van der Waals surface area contributed by atoms with Crippen LogP contribution in [0.1, 0.15) is 12.8 Å². The Bertz CT molecular complexity index is 615. The molecule has 1 fully saturated rings. The normalized spacial score (nSPS) is 19.2. The molecule has 0 aromatic carbocycles. The van der Waals surface area contributed by atoms with Gasteiger partial charge in [0.25, 0.3) is 0 Å². The van der Waals surface area contributed by atoms with E-state index < -0.39 is 0 Å². The molecule has 9 heteroatoms. The number of nitrogens with one attached hydrogen (secondary N) is 1. The lowest BCUT2D eigenvalue weighted by Crippen LogP contribution is -2.19. The van der Waals surface area contributed by atoms with Crippen LogP contribution in [0.25, 0.3) is 11.0 Å². The summed E-state index contributed by atoms with van der Waals surface area (Å²) in [5.74, 6) is 0.672. The summed E-state index contributed by atoms with van der Waals surface area (Å²) >= 11 is 9.35. The first kappa shape index (κ1) is 13.5. The van der Waals surface area contributed by atoms with Gasteiger partial charge >= 0.3 is 0 Å². The van der Waals surface area contributed by atoms with Crippen LogP contribution < -0.4 is 5.32 Å². The third kappa shape index (κ3) is 2.70. The SMILES string of the molecule is Pn1nc(Br)c2c(NCC3CCCO3)nc(Cl)nc21. The first-order chi connectivity index (χ1) is 9.15. The van der Waals surface area contributed by atoms with E-state index >= 15 is 0 Å². The topological polar surface area (TPSA) is 64.9 Å². The minimum absolute atomic E-state index is 0.193. The molecular formula is C10H12BrClN5OP. The van der Waals surface area contributed by atoms with Crippen molar-refractivity contribution in [1.29, 1.82) is 0 Å². The lowest BCUT2D eigenvalue weighted by molar-refractivity contribution is 0.120. The first-order valence-electron chi connectivity index (χ1n) is 5.87. The summed E-state index contributed by atoms with van der Waals surface area (Å²) in [4.78, 5) is 8.40. The molecule has 6 nitrogen and oxygen atoms in total. The molecule has 0 amide bonds. The second-order valence-electron chi connectivity index (χ2n) is 4.29. The standard InChI is InChI=1S/C10H12BrClN5OP/c11-7-6-8(13-4-5-2-1-3-18-5)14-10(12)15-9(6)17(19)16-7/h5H,1-4,19H2,(H,13,14,15). The summed E-state index contributed by atoms with van der Waals surface area (Å²) in [5, 5.41) is 8.52. The molecule has 0 aliphatic carbocycles. The van der Waals surface area contributed by atoms with Crippen LogP contribution in [0.15, 0.2) is 4.60 Å². The van der Waals surface area contributed by atoms with Gasteiger partial charge in [0.15, 0.2) is 5.65 Å². The van der Waals surface area contributed by atoms with E-state index in [1.165, 1.54) is 0 Å². The van der Waals surface area contributed by atoms with Crippen molar-refractivity contribution in [1.82, 2.24) is 19.5 Å². The highest BCUT2D eigenvalue weighted by Crippen LogP contribution is 2.30. The van der Waals surface area contributed by atoms with E-state index in [1.807, 2.05) is 0 Å². The molecule has 0 radical (unpaired) electrons. The predicted octanol–water partition coefficient (Wildman–Crippen LogP) is 2.47. The number of fused-ring (bicyclic) bond motifs is 1. The van der Waals surface area contributed by atoms with Crippen LogP contribution >= 0.6 is 36.9 Å². The van der Waals surface area contributed by atoms with E-state index in [1.54, 1.807) is 4.45 Å². The van der Waals surface area contributed by atoms with Crippen LogP contribution in [-0.2, 0) is 4.74 Å². The van der Waals surface area contributed by atoms with E-state index in [-0.39, 0.29) is 11.4 Å². The fraction of sp³-hybridized carbons (Fsp3) is 0.500. The fourth-order valence-electron chi connectivity index (χ4n) is 2.11. The molecule has 3 heterocycles. The molecule has 2 unspecified atom stereocenters. The van der Waals surface area contributed by atoms with Crippen LogP contribution in [-0.4, -0.2) is 38.8 Å². The van der Waals surface area contributed by atoms with Gasteiger partial charge in [-0.1, -0.05) is 0 Å². The summed E-state index contributed by atoms with van der Waals surface area (Å²) in [5.41, 5.74) is 0.659. The Kier molecular flexibility index (Phi) is 3.89. The maximum Gasteiger partial charge on any atom is 0.226 e. The number of rotatable bonds is 3. The Morgan fingerprint density at radius 3 is 3.11 bits per heavy atom. The molecule has 0 spiro atoms. The zero-order chi connectivity index (χ0) is 13.4. The molecule has 2 aromatic rings. The van der Waals surface area contributed by atoms with Gasteiger partial charge in [0.2, 0.25) is 5.28 Å². The molecule has 19 heavy (non-hydrogen) atoms. The first-order valence-corrected chi connectivity index (χ1v) is 7.56. The van der Waals surface area contributed by atoms with Gasteiger partial charge in [0.05, 0.1) is 11.5 Å². The minimum atomic E-state index is 0.193. The number of halogens is 2. The average Bonchev–Trinajstić information content (AvgIpc) is 2.96. The summed E-state index contributed by atoms with van der Waals surface area (Å²) in [6.45, 7) is 1.54. The second-order valence-corrected chi connectivity index (χ2v) is 5.87. The number of aromatic nitrogens is 4. The van der Waals surface area contributed by atoms with Crippen LogP contribution in [0.4, 0.5) is 5.82 Å². The Hall–Kier alpha value is -0.490. The third-order valence-electron chi connectivity index (χ3n) is 3.00. The fourth-order valence-corrected chi connectivity index (χ4v) is 3.29. The number of nitrogens with zero attached hydrogens (tertiary/aromatic N) is 4. The number of ether oxygens (including phenoxy) is 1. The molecule has 0 bridgehead atoms. The zero-order valence-corrected chi connectivity index (χ0v) is 13.4. The number of hydrogen-bond acceptors (Lipinski definition) is 5. The number of hydrogen-bond donors (Lipinski definition) is 1. The smallest absolute Gasteiger partial charge is 0.226 e. The lowest BCUT2D eigenvalue weighted by Gasteiger charge is -2.12. The maximum atomic E-state index is 5.94. The quantitative estimate of drug-likeness (QED) is 0.669. The van der Waals surface area contributed by atoms with E-state index in [0.717, 1.165) is 24.8 Å². The van der Waals surface area contributed by atoms with Crippen LogP contribution in [0.5, 0.6) is 0 Å². The van der Waals surface area contributed by atoms with Crippen molar-refractivity contribution < 1.29 is 4.74 Å². The van der Waals surface area contributed by atoms with Gasteiger partial charge < -0.3 is 10.1 Å². The van der Waals surface area contributed by atoms with Gasteiger partial charge in [-0.25, -0.2) is 4.45 Å². The predicted molar refractivity (Wildman–Crippen MR) is 80.6 cm³/mol. The van der Waals surface area contributed by atoms with Gasteiger partial charge in [-0.3, -0.25) is 0 Å². The summed E-state index contributed by atoms with van der Waals surface area (Å²) in [7, 11) is 2.47. The summed E-state index contributed by atoms with van der Waals surface area (Å²) < 4.78 is 7.85. The molecule has 1 N–H and O–H groups in total. The number of anilines is 1. The van der Waals surface area contributed by atoms with Crippen molar-refractivity contribution in [2.24, 2.45) is 0 Å². The molecule has 102 valence electrons. The Balaban J connectivity index is 1.92. The van der Waals surface area contributed by atoms with Gasteiger partial charge in [-0.15, -0.1) is 0 Å². The Morgan fingerprint density at radius 2 is 2.37 bits per heavy atom. The van der Waals surface area contributed by atoms with E-state index in [0.29, 0.717) is 22.6 Å². The molecule has 2 atom stereocenters. The van der Waals surface area contributed by atoms with Gasteiger partial charge in [-0.05, 0) is 49.8 Å². The molecule has 1 aliphatic heterocycles. The molecular weight excluding hydrogens is 352 g/mol. The van der Waals surface area contributed by atoms with Gasteiger partial charge in [0, 0.05) is 13.2 Å². The molecule has 2 aromatic heterocycles. The van der Waals surface area contributed by atoms with E-state index in [2.05, 4.69) is 45.7 Å². The lowest BCUT2D eigenvalue weighted by atomic mass is 10.2. The van der Waals surface area contributed by atoms with Crippen molar-refractivity contribution in [2.75, 3.05) is 18.5 Å². The van der Waals surface area contributed by atoms with E-state index in [9.17, 15) is 0 Å². The highest BCUT2D eigenvalue weighted by atomic mass is 79.9. The summed E-state index contributed by atoms with van der Waals surface area (Å²) in [6.07, 6.45) is 2.41. The monoisotopic (exact) mass is 363 g/mol. The van der Waals surface area contributed by atoms with Crippen molar-refractivity contribution in [3.05, 3.63) is 9.89 Å². The molecule has 1 saturated heterocycles. The largest absolute Gasteiger partial charge is 0.376 e. The Labute approximate surface area is 125 Å². The highest BCUT2D eigenvalue weighted by molar-refractivity contribution is 9.10. The van der Waals surface area contributed by atoms with Gasteiger partial charge in [-0.2, -0.15) is 15.1 Å². The van der Waals surface area contributed by atoms with E-state index in [4.69, 9.17) is 16.3 Å². The molecule has 0 saturated carbocycles. The zero-order valence-electron chi connectivity index (χ0n) is 9.94. The highest BCUT2D eigenvalue weighted by Gasteiger charge is 2.19. The van der Waals surface area contributed by atoms with Crippen molar-refractivity contribution in [3.8, 4) is 0 Å². The average molecular weight is 365 g/mol. The van der Waals surface area contributed by atoms with Crippen LogP contribution in [0, 0.1) is 0 Å². The van der Waals surface area contributed by atoms with Crippen molar-refractivity contribution in [2.45, 2.75) is 18.9 Å². The van der Waals surface area contributed by atoms with Crippen LogP contribution in [0.3, 0.4) is 0 Å². The van der Waals surface area contributed by atoms with Crippen molar-refractivity contribution in [3.63, 3.8) is 0 Å².